The Hall–Kier alpha value is -2.05. The second kappa shape index (κ2) is 9.17. The van der Waals surface area contributed by atoms with Gasteiger partial charge in [-0.05, 0) is 12.5 Å². The molecule has 0 aliphatic heterocycles. The van der Waals surface area contributed by atoms with Crippen molar-refractivity contribution in [3.8, 4) is 0 Å². The molecule has 128 valence electrons. The summed E-state index contributed by atoms with van der Waals surface area (Å²) in [6.07, 6.45) is -3.26. The summed E-state index contributed by atoms with van der Waals surface area (Å²) in [4.78, 5) is 22.8. The molecule has 0 aliphatic carbocycles. The van der Waals surface area contributed by atoms with Crippen molar-refractivity contribution in [3.63, 3.8) is 0 Å². The van der Waals surface area contributed by atoms with Crippen molar-refractivity contribution in [2.24, 2.45) is 0 Å². The Morgan fingerprint density at radius 1 is 1.04 bits per heavy atom. The van der Waals surface area contributed by atoms with E-state index in [4.69, 9.17) is 9.47 Å². The minimum atomic E-state index is -4.51. The highest BCUT2D eigenvalue weighted by atomic mass is 19.4. The zero-order chi connectivity index (χ0) is 17.3. The van der Waals surface area contributed by atoms with Crippen LogP contribution >= 0.6 is 0 Å². The number of esters is 2. The number of halogens is 3. The van der Waals surface area contributed by atoms with Crippen LogP contribution in [0.5, 0.6) is 0 Å². The van der Waals surface area contributed by atoms with E-state index in [9.17, 15) is 22.8 Å². The molecule has 0 N–H and O–H groups in total. The number of hydrogen-bond donors (Lipinski definition) is 0. The fourth-order valence-corrected chi connectivity index (χ4v) is 1.76. The van der Waals surface area contributed by atoms with Gasteiger partial charge in [-0.25, -0.2) is 0 Å². The van der Waals surface area contributed by atoms with Crippen LogP contribution in [-0.2, 0) is 31.8 Å². The van der Waals surface area contributed by atoms with Gasteiger partial charge in [-0.3, -0.25) is 9.59 Å². The van der Waals surface area contributed by atoms with E-state index in [1.54, 1.807) is 0 Å². The van der Waals surface area contributed by atoms with Crippen LogP contribution in [0.25, 0.3) is 0 Å². The second-order valence-electron chi connectivity index (χ2n) is 4.89. The molecule has 7 heteroatoms. The summed E-state index contributed by atoms with van der Waals surface area (Å²) in [7, 11) is 0. The lowest BCUT2D eigenvalue weighted by Crippen LogP contribution is -2.13. The van der Waals surface area contributed by atoms with E-state index in [2.05, 4.69) is 0 Å². The van der Waals surface area contributed by atoms with Crippen molar-refractivity contribution in [2.45, 2.75) is 45.4 Å². The number of hydrogen-bond acceptors (Lipinski definition) is 4. The van der Waals surface area contributed by atoms with Gasteiger partial charge in [0.1, 0.15) is 6.61 Å². The van der Waals surface area contributed by atoms with Crippen molar-refractivity contribution >= 4 is 11.9 Å². The third kappa shape index (κ3) is 7.17. The van der Waals surface area contributed by atoms with Gasteiger partial charge in [-0.1, -0.05) is 31.5 Å². The summed E-state index contributed by atoms with van der Waals surface area (Å²) in [6, 6.07) is 4.87. The topological polar surface area (TPSA) is 52.6 Å². The van der Waals surface area contributed by atoms with Crippen LogP contribution < -0.4 is 0 Å². The van der Waals surface area contributed by atoms with Crippen molar-refractivity contribution in [2.75, 3.05) is 6.61 Å². The van der Waals surface area contributed by atoms with Crippen molar-refractivity contribution in [3.05, 3.63) is 35.4 Å². The maximum absolute atomic E-state index is 12.8. The van der Waals surface area contributed by atoms with Gasteiger partial charge in [0.25, 0.3) is 0 Å². The predicted octanol–water partition coefficient (Wildman–Crippen LogP) is 3.87. The van der Waals surface area contributed by atoms with Crippen LogP contribution in [0.1, 0.15) is 43.7 Å². The van der Waals surface area contributed by atoms with E-state index < -0.39 is 30.3 Å². The molecule has 1 aromatic carbocycles. The monoisotopic (exact) mass is 332 g/mol. The fraction of sp³-hybridized carbons (Fsp3) is 0.500. The van der Waals surface area contributed by atoms with Gasteiger partial charge in [0.15, 0.2) is 0 Å². The van der Waals surface area contributed by atoms with E-state index in [0.29, 0.717) is 6.61 Å². The SMILES string of the molecule is CCCCOC(=O)CCC(=O)OCc1ccccc1C(F)(F)F. The van der Waals surface area contributed by atoms with Crippen LogP contribution in [0.4, 0.5) is 13.2 Å². The normalized spacial score (nSPS) is 11.1. The molecule has 0 aromatic heterocycles. The average Bonchev–Trinajstić information content (AvgIpc) is 2.50. The summed E-state index contributed by atoms with van der Waals surface area (Å²) in [5.74, 6) is -1.26. The van der Waals surface area contributed by atoms with Gasteiger partial charge < -0.3 is 9.47 Å². The van der Waals surface area contributed by atoms with Crippen LogP contribution in [-0.4, -0.2) is 18.5 Å². The maximum atomic E-state index is 12.8. The van der Waals surface area contributed by atoms with Gasteiger partial charge in [0, 0.05) is 5.56 Å². The Bertz CT molecular complexity index is 526. The largest absolute Gasteiger partial charge is 0.466 e. The molecule has 0 aliphatic rings. The van der Waals surface area contributed by atoms with Crippen LogP contribution in [0.3, 0.4) is 0 Å². The van der Waals surface area contributed by atoms with Gasteiger partial charge in [0.2, 0.25) is 0 Å². The molecule has 0 saturated carbocycles. The summed E-state index contributed by atoms with van der Waals surface area (Å²) in [5.41, 5.74) is -0.967. The quantitative estimate of drug-likeness (QED) is 0.536. The minimum absolute atomic E-state index is 0.126. The standard InChI is InChI=1S/C16H19F3O4/c1-2-3-10-22-14(20)8-9-15(21)23-11-12-6-4-5-7-13(12)16(17,18)19/h4-7H,2-3,8-11H2,1H3. The Morgan fingerprint density at radius 2 is 1.65 bits per heavy atom. The lowest BCUT2D eigenvalue weighted by Gasteiger charge is -2.12. The van der Waals surface area contributed by atoms with Crippen molar-refractivity contribution < 1.29 is 32.2 Å². The lowest BCUT2D eigenvalue weighted by molar-refractivity contribution is -0.152. The van der Waals surface area contributed by atoms with Gasteiger partial charge >= 0.3 is 18.1 Å². The second-order valence-corrected chi connectivity index (χ2v) is 4.89. The number of carbonyl (C=O) groups is 2. The van der Waals surface area contributed by atoms with E-state index in [1.165, 1.54) is 18.2 Å². The summed E-state index contributed by atoms with van der Waals surface area (Å²) >= 11 is 0. The molecule has 0 spiro atoms. The summed E-state index contributed by atoms with van der Waals surface area (Å²) < 4.78 is 48.0. The molecule has 0 bridgehead atoms. The van der Waals surface area contributed by atoms with Crippen LogP contribution in [0, 0.1) is 0 Å². The van der Waals surface area contributed by atoms with E-state index in [0.717, 1.165) is 18.9 Å². The first-order chi connectivity index (χ1) is 10.8. The molecular weight excluding hydrogens is 313 g/mol. The fourth-order valence-electron chi connectivity index (χ4n) is 1.76. The molecule has 1 aromatic rings. The molecule has 0 unspecified atom stereocenters. The zero-order valence-electron chi connectivity index (χ0n) is 12.8. The Labute approximate surface area is 132 Å². The van der Waals surface area contributed by atoms with Crippen LogP contribution in [0.15, 0.2) is 24.3 Å². The molecule has 1 rings (SSSR count). The highest BCUT2D eigenvalue weighted by molar-refractivity contribution is 5.77. The van der Waals surface area contributed by atoms with E-state index >= 15 is 0 Å². The molecule has 4 nitrogen and oxygen atoms in total. The van der Waals surface area contributed by atoms with E-state index in [-0.39, 0.29) is 18.4 Å². The molecule has 23 heavy (non-hydrogen) atoms. The zero-order valence-corrected chi connectivity index (χ0v) is 12.8. The Balaban J connectivity index is 2.41. The number of alkyl halides is 3. The molecule has 0 heterocycles. The highest BCUT2D eigenvalue weighted by Gasteiger charge is 2.33. The van der Waals surface area contributed by atoms with Crippen LogP contribution in [0.2, 0.25) is 0 Å². The molecular formula is C16H19F3O4. The third-order valence-corrected chi connectivity index (χ3v) is 3.01. The Kier molecular flexibility index (Phi) is 7.57. The number of ether oxygens (including phenoxy) is 2. The first-order valence-corrected chi connectivity index (χ1v) is 7.31. The molecule has 0 fully saturated rings. The average molecular weight is 332 g/mol. The lowest BCUT2D eigenvalue weighted by atomic mass is 10.1. The number of carbonyl (C=O) groups excluding carboxylic acids is 2. The van der Waals surface area contributed by atoms with Crippen molar-refractivity contribution in [1.29, 1.82) is 0 Å². The molecule has 0 amide bonds. The van der Waals surface area contributed by atoms with Gasteiger partial charge in [0.05, 0.1) is 25.0 Å². The third-order valence-electron chi connectivity index (χ3n) is 3.01. The van der Waals surface area contributed by atoms with Gasteiger partial charge in [-0.2, -0.15) is 13.2 Å². The van der Waals surface area contributed by atoms with Crippen molar-refractivity contribution in [1.82, 2.24) is 0 Å². The summed E-state index contributed by atoms with van der Waals surface area (Å²) in [6.45, 7) is 1.76. The number of benzene rings is 1. The molecule has 0 radical (unpaired) electrons. The molecule has 0 atom stereocenters. The maximum Gasteiger partial charge on any atom is 0.416 e. The number of rotatable bonds is 8. The minimum Gasteiger partial charge on any atom is -0.466 e. The Morgan fingerprint density at radius 3 is 2.26 bits per heavy atom. The smallest absolute Gasteiger partial charge is 0.416 e. The van der Waals surface area contributed by atoms with Gasteiger partial charge in [-0.15, -0.1) is 0 Å². The first kappa shape index (κ1) is 19.0. The summed E-state index contributed by atoms with van der Waals surface area (Å²) in [5, 5.41) is 0. The number of unbranched alkanes of at least 4 members (excludes halogenated alkanes) is 1. The first-order valence-electron chi connectivity index (χ1n) is 7.31. The predicted molar refractivity (Wildman–Crippen MR) is 76.3 cm³/mol. The molecule has 0 saturated heterocycles. The van der Waals surface area contributed by atoms with E-state index in [1.807, 2.05) is 6.92 Å². The highest BCUT2D eigenvalue weighted by Crippen LogP contribution is 2.32.